The molecule has 26 heavy (non-hydrogen) atoms. The van der Waals surface area contributed by atoms with Gasteiger partial charge in [0.25, 0.3) is 5.91 Å². The molecule has 2 rings (SSSR count). The van der Waals surface area contributed by atoms with Crippen LogP contribution in [0.15, 0.2) is 48.5 Å². The van der Waals surface area contributed by atoms with E-state index in [1.165, 1.54) is 30.1 Å². The average Bonchev–Trinajstić information content (AvgIpc) is 2.65. The summed E-state index contributed by atoms with van der Waals surface area (Å²) < 4.78 is 18.9. The molecule has 1 atom stereocenters. The molecule has 7 heteroatoms. The van der Waals surface area contributed by atoms with Gasteiger partial charge in [0.1, 0.15) is 6.04 Å². The fourth-order valence-corrected chi connectivity index (χ4v) is 2.49. The summed E-state index contributed by atoms with van der Waals surface area (Å²) in [6.07, 6.45) is 0. The molecule has 0 heterocycles. The van der Waals surface area contributed by atoms with Crippen LogP contribution in [-0.4, -0.2) is 36.4 Å². The Hall–Kier alpha value is -2.60. The Morgan fingerprint density at radius 3 is 2.46 bits per heavy atom. The average molecular weight is 379 g/mol. The highest BCUT2D eigenvalue weighted by molar-refractivity contribution is 6.30. The van der Waals surface area contributed by atoms with Crippen molar-refractivity contribution in [2.75, 3.05) is 13.7 Å². The van der Waals surface area contributed by atoms with Gasteiger partial charge >= 0.3 is 0 Å². The van der Waals surface area contributed by atoms with Gasteiger partial charge in [-0.05, 0) is 36.8 Å². The van der Waals surface area contributed by atoms with E-state index < -0.39 is 17.8 Å². The number of ether oxygens (including phenoxy) is 1. The molecule has 0 fully saturated rings. The highest BCUT2D eigenvalue weighted by Crippen LogP contribution is 2.17. The fraction of sp³-hybridized carbons (Fsp3) is 0.263. The highest BCUT2D eigenvalue weighted by atomic mass is 35.5. The molecule has 0 unspecified atom stereocenters. The second-order valence-corrected chi connectivity index (χ2v) is 6.09. The first-order valence-corrected chi connectivity index (χ1v) is 8.43. The lowest BCUT2D eigenvalue weighted by molar-refractivity contribution is -0.142. The SMILES string of the molecule is CNC(=O)[C@H](C)N(Cc1ccc(Cl)cc1)C(=O)COc1ccccc1F. The number of para-hydroxylation sites is 1. The van der Waals surface area contributed by atoms with Gasteiger partial charge in [-0.25, -0.2) is 4.39 Å². The van der Waals surface area contributed by atoms with Crippen molar-refractivity contribution in [2.24, 2.45) is 0 Å². The largest absolute Gasteiger partial charge is 0.481 e. The zero-order valence-electron chi connectivity index (χ0n) is 14.5. The lowest BCUT2D eigenvalue weighted by Crippen LogP contribution is -2.48. The first-order valence-electron chi connectivity index (χ1n) is 8.05. The number of likely N-dealkylation sites (N-methyl/N-ethyl adjacent to an activating group) is 1. The molecule has 0 saturated heterocycles. The van der Waals surface area contributed by atoms with Gasteiger partial charge in [0.05, 0.1) is 0 Å². The van der Waals surface area contributed by atoms with Crippen molar-refractivity contribution in [3.8, 4) is 5.75 Å². The Bertz CT molecular complexity index is 768. The summed E-state index contributed by atoms with van der Waals surface area (Å²) in [5.74, 6) is -1.30. The molecule has 0 aromatic heterocycles. The third kappa shape index (κ3) is 5.20. The summed E-state index contributed by atoms with van der Waals surface area (Å²) in [6.45, 7) is 1.44. The van der Waals surface area contributed by atoms with Crippen molar-refractivity contribution < 1.29 is 18.7 Å². The number of halogens is 2. The maximum atomic E-state index is 13.6. The van der Waals surface area contributed by atoms with Crippen molar-refractivity contribution in [1.82, 2.24) is 10.2 Å². The number of nitrogens with zero attached hydrogens (tertiary/aromatic N) is 1. The highest BCUT2D eigenvalue weighted by Gasteiger charge is 2.26. The predicted molar refractivity (Wildman–Crippen MR) is 97.4 cm³/mol. The van der Waals surface area contributed by atoms with Crippen molar-refractivity contribution in [1.29, 1.82) is 0 Å². The summed E-state index contributed by atoms with van der Waals surface area (Å²) in [7, 11) is 1.50. The predicted octanol–water partition coefficient (Wildman–Crippen LogP) is 3.02. The van der Waals surface area contributed by atoms with Crippen LogP contribution in [0.3, 0.4) is 0 Å². The van der Waals surface area contributed by atoms with Crippen molar-refractivity contribution in [3.63, 3.8) is 0 Å². The number of nitrogens with one attached hydrogen (secondary N) is 1. The number of benzene rings is 2. The molecular weight excluding hydrogens is 359 g/mol. The van der Waals surface area contributed by atoms with Gasteiger partial charge in [0, 0.05) is 18.6 Å². The molecule has 5 nitrogen and oxygen atoms in total. The van der Waals surface area contributed by atoms with Crippen LogP contribution >= 0.6 is 11.6 Å². The molecule has 0 saturated carbocycles. The van der Waals surface area contributed by atoms with Gasteiger partial charge in [0.15, 0.2) is 18.2 Å². The third-order valence-electron chi connectivity index (χ3n) is 3.87. The van der Waals surface area contributed by atoms with E-state index in [1.807, 2.05) is 0 Å². The van der Waals surface area contributed by atoms with Gasteiger partial charge in [-0.15, -0.1) is 0 Å². The number of carbonyl (C=O) groups excluding carboxylic acids is 2. The fourth-order valence-electron chi connectivity index (χ4n) is 2.36. The van der Waals surface area contributed by atoms with Crippen LogP contribution < -0.4 is 10.1 Å². The summed E-state index contributed by atoms with van der Waals surface area (Å²) in [6, 6.07) is 12.1. The number of hydrogen-bond donors (Lipinski definition) is 1. The summed E-state index contributed by atoms with van der Waals surface area (Å²) >= 11 is 5.88. The first-order chi connectivity index (χ1) is 12.4. The second-order valence-electron chi connectivity index (χ2n) is 5.66. The zero-order chi connectivity index (χ0) is 19.1. The Kier molecular flexibility index (Phi) is 6.97. The third-order valence-corrected chi connectivity index (χ3v) is 4.12. The molecule has 138 valence electrons. The minimum Gasteiger partial charge on any atom is -0.481 e. The van der Waals surface area contributed by atoms with Crippen molar-refractivity contribution in [3.05, 3.63) is 64.9 Å². The van der Waals surface area contributed by atoms with E-state index >= 15 is 0 Å². The van der Waals surface area contributed by atoms with E-state index in [1.54, 1.807) is 37.3 Å². The van der Waals surface area contributed by atoms with Crippen molar-refractivity contribution in [2.45, 2.75) is 19.5 Å². The van der Waals surface area contributed by atoms with Crippen LogP contribution in [-0.2, 0) is 16.1 Å². The van der Waals surface area contributed by atoms with E-state index in [4.69, 9.17) is 16.3 Å². The minimum atomic E-state index is -0.715. The van der Waals surface area contributed by atoms with Crippen LogP contribution in [0.2, 0.25) is 5.02 Å². The first kappa shape index (κ1) is 19.7. The van der Waals surface area contributed by atoms with Crippen LogP contribution in [0.4, 0.5) is 4.39 Å². The van der Waals surface area contributed by atoms with Gasteiger partial charge < -0.3 is 15.0 Å². The number of amides is 2. The monoisotopic (exact) mass is 378 g/mol. The van der Waals surface area contributed by atoms with Crippen LogP contribution in [0.1, 0.15) is 12.5 Å². The molecule has 0 aliphatic rings. The molecule has 0 aliphatic heterocycles. The lowest BCUT2D eigenvalue weighted by Gasteiger charge is -2.28. The molecule has 0 radical (unpaired) electrons. The molecule has 2 amide bonds. The van der Waals surface area contributed by atoms with Crippen molar-refractivity contribution >= 4 is 23.4 Å². The molecule has 0 aliphatic carbocycles. The van der Waals surface area contributed by atoms with Gasteiger partial charge in [-0.3, -0.25) is 9.59 Å². The van der Waals surface area contributed by atoms with Crippen LogP contribution in [0, 0.1) is 5.82 Å². The molecule has 0 spiro atoms. The Balaban J connectivity index is 2.13. The Labute approximate surface area is 156 Å². The summed E-state index contributed by atoms with van der Waals surface area (Å²) in [5.41, 5.74) is 0.810. The smallest absolute Gasteiger partial charge is 0.261 e. The zero-order valence-corrected chi connectivity index (χ0v) is 15.3. The van der Waals surface area contributed by atoms with E-state index in [0.29, 0.717) is 5.02 Å². The van der Waals surface area contributed by atoms with Crippen LogP contribution in [0.5, 0.6) is 5.75 Å². The molecule has 0 bridgehead atoms. The maximum Gasteiger partial charge on any atom is 0.261 e. The molecule has 1 N–H and O–H groups in total. The van der Waals surface area contributed by atoms with E-state index in [0.717, 1.165) is 5.56 Å². The van der Waals surface area contributed by atoms with Crippen LogP contribution in [0.25, 0.3) is 0 Å². The topological polar surface area (TPSA) is 58.6 Å². The number of hydrogen-bond acceptors (Lipinski definition) is 3. The maximum absolute atomic E-state index is 13.6. The Morgan fingerprint density at radius 2 is 1.85 bits per heavy atom. The molecule has 2 aromatic carbocycles. The summed E-state index contributed by atoms with van der Waals surface area (Å²) in [5, 5.41) is 3.10. The second kappa shape index (κ2) is 9.20. The normalized spacial score (nSPS) is 11.5. The van der Waals surface area contributed by atoms with E-state index in [2.05, 4.69) is 5.32 Å². The quantitative estimate of drug-likeness (QED) is 0.805. The van der Waals surface area contributed by atoms with Gasteiger partial charge in [-0.2, -0.15) is 0 Å². The van der Waals surface area contributed by atoms with Gasteiger partial charge in [0.2, 0.25) is 5.91 Å². The number of carbonyl (C=O) groups is 2. The van der Waals surface area contributed by atoms with E-state index in [9.17, 15) is 14.0 Å². The standard InChI is InChI=1S/C19H20ClFN2O3/c1-13(19(25)22-2)23(11-14-7-9-15(20)10-8-14)18(24)12-26-17-6-4-3-5-16(17)21/h3-10,13H,11-12H2,1-2H3,(H,22,25)/t13-/m0/s1. The van der Waals surface area contributed by atoms with Gasteiger partial charge in [-0.1, -0.05) is 35.9 Å². The van der Waals surface area contributed by atoms with E-state index in [-0.39, 0.29) is 24.8 Å². The number of rotatable bonds is 7. The lowest BCUT2D eigenvalue weighted by atomic mass is 10.1. The molecule has 2 aromatic rings. The Morgan fingerprint density at radius 1 is 1.19 bits per heavy atom. The minimum absolute atomic E-state index is 0.0140. The summed E-state index contributed by atoms with van der Waals surface area (Å²) in [4.78, 5) is 26.0. The molecular formula is C19H20ClFN2O3.